The lowest BCUT2D eigenvalue weighted by Crippen LogP contribution is -2.48. The molecule has 1 aromatic rings. The number of hydrogen-bond donors (Lipinski definition) is 1. The summed E-state index contributed by atoms with van der Waals surface area (Å²) < 4.78 is 0. The third kappa shape index (κ3) is 4.40. The van der Waals surface area contributed by atoms with E-state index in [2.05, 4.69) is 0 Å². The van der Waals surface area contributed by atoms with Gasteiger partial charge in [0, 0.05) is 23.9 Å². The number of likely N-dealkylation sites (tertiary alicyclic amines) is 1. The van der Waals surface area contributed by atoms with Crippen LogP contribution in [-0.4, -0.2) is 40.7 Å². The summed E-state index contributed by atoms with van der Waals surface area (Å²) >= 11 is 7.46. The van der Waals surface area contributed by atoms with Crippen molar-refractivity contribution >= 4 is 35.2 Å². The Bertz CT molecular complexity index is 566. The van der Waals surface area contributed by atoms with Crippen molar-refractivity contribution in [2.45, 2.75) is 25.5 Å². The molecule has 120 valence electrons. The fraction of sp³-hybridized carbons (Fsp3) is 0.500. The summed E-state index contributed by atoms with van der Waals surface area (Å²) in [6.45, 7) is 2.67. The first-order valence-corrected chi connectivity index (χ1v) is 8.77. The molecule has 1 fully saturated rings. The normalized spacial score (nSPS) is 21.6. The quantitative estimate of drug-likeness (QED) is 0.892. The van der Waals surface area contributed by atoms with Crippen LogP contribution in [0.5, 0.6) is 0 Å². The first kappa shape index (κ1) is 17.2. The van der Waals surface area contributed by atoms with E-state index in [1.54, 1.807) is 11.8 Å². The lowest BCUT2D eigenvalue weighted by Gasteiger charge is -2.37. The third-order valence-corrected chi connectivity index (χ3v) is 5.17. The molecule has 22 heavy (non-hydrogen) atoms. The Morgan fingerprint density at radius 1 is 1.45 bits per heavy atom. The molecule has 1 unspecified atom stereocenters. The van der Waals surface area contributed by atoms with Gasteiger partial charge in [0.1, 0.15) is 0 Å². The third-order valence-electron chi connectivity index (χ3n) is 3.95. The number of thioether (sulfide) groups is 1. The largest absolute Gasteiger partial charge is 0.481 e. The van der Waals surface area contributed by atoms with Crippen LogP contribution in [-0.2, 0) is 15.3 Å². The maximum absolute atomic E-state index is 12.3. The summed E-state index contributed by atoms with van der Waals surface area (Å²) in [4.78, 5) is 25.3. The van der Waals surface area contributed by atoms with Crippen LogP contribution in [0.1, 0.15) is 25.3 Å². The van der Waals surface area contributed by atoms with Crippen LogP contribution in [0.2, 0.25) is 5.02 Å². The molecule has 0 saturated carbocycles. The number of aliphatic carboxylic acids is 1. The molecule has 0 aliphatic carbocycles. The molecular formula is C16H20ClNO3S. The molecule has 1 amide bonds. The number of hydrogen-bond acceptors (Lipinski definition) is 3. The fourth-order valence-electron chi connectivity index (χ4n) is 2.60. The smallest absolute Gasteiger partial charge is 0.311 e. The van der Waals surface area contributed by atoms with Gasteiger partial charge in [-0.05, 0) is 37.5 Å². The van der Waals surface area contributed by atoms with Crippen molar-refractivity contribution in [3.63, 3.8) is 0 Å². The van der Waals surface area contributed by atoms with E-state index < -0.39 is 11.4 Å². The van der Waals surface area contributed by atoms with Crippen molar-refractivity contribution in [2.24, 2.45) is 5.41 Å². The van der Waals surface area contributed by atoms with E-state index in [0.717, 1.165) is 17.7 Å². The maximum atomic E-state index is 12.3. The van der Waals surface area contributed by atoms with Gasteiger partial charge in [-0.15, -0.1) is 11.8 Å². The Hall–Kier alpha value is -1.20. The first-order chi connectivity index (χ1) is 10.4. The van der Waals surface area contributed by atoms with Gasteiger partial charge in [-0.3, -0.25) is 9.59 Å². The van der Waals surface area contributed by atoms with Crippen LogP contribution in [0, 0.1) is 5.41 Å². The number of piperidine rings is 1. The van der Waals surface area contributed by atoms with Crippen molar-refractivity contribution in [3.8, 4) is 0 Å². The van der Waals surface area contributed by atoms with E-state index in [1.165, 1.54) is 11.8 Å². The number of carboxylic acids is 1. The molecule has 1 aromatic carbocycles. The van der Waals surface area contributed by atoms with E-state index >= 15 is 0 Å². The highest BCUT2D eigenvalue weighted by molar-refractivity contribution is 7.99. The van der Waals surface area contributed by atoms with E-state index in [4.69, 9.17) is 11.6 Å². The van der Waals surface area contributed by atoms with E-state index in [0.29, 0.717) is 30.3 Å². The van der Waals surface area contributed by atoms with Gasteiger partial charge in [-0.1, -0.05) is 23.7 Å². The summed E-state index contributed by atoms with van der Waals surface area (Å²) in [7, 11) is 0. The minimum atomic E-state index is -0.823. The standard InChI is InChI=1S/C16H20ClNO3S/c1-16(15(20)21)6-3-7-18(11-16)14(19)10-22-9-12-4-2-5-13(17)8-12/h2,4-5,8H,3,6-7,9-11H2,1H3,(H,20,21). The molecular weight excluding hydrogens is 322 g/mol. The van der Waals surface area contributed by atoms with Crippen LogP contribution in [0.25, 0.3) is 0 Å². The lowest BCUT2D eigenvalue weighted by molar-refractivity contribution is -0.153. The molecule has 0 bridgehead atoms. The Morgan fingerprint density at radius 2 is 2.23 bits per heavy atom. The van der Waals surface area contributed by atoms with Gasteiger partial charge in [0.25, 0.3) is 0 Å². The number of rotatable bonds is 5. The predicted octanol–water partition coefficient (Wildman–Crippen LogP) is 3.29. The average molecular weight is 342 g/mol. The highest BCUT2D eigenvalue weighted by atomic mass is 35.5. The molecule has 1 atom stereocenters. The Morgan fingerprint density at radius 3 is 2.91 bits per heavy atom. The number of benzene rings is 1. The highest BCUT2D eigenvalue weighted by Gasteiger charge is 2.39. The Balaban J connectivity index is 1.83. The first-order valence-electron chi connectivity index (χ1n) is 7.24. The molecule has 0 spiro atoms. The van der Waals surface area contributed by atoms with Crippen molar-refractivity contribution < 1.29 is 14.7 Å². The molecule has 1 aliphatic heterocycles. The predicted molar refractivity (Wildman–Crippen MR) is 89.2 cm³/mol. The highest BCUT2D eigenvalue weighted by Crippen LogP contribution is 2.30. The second-order valence-electron chi connectivity index (χ2n) is 5.91. The maximum Gasteiger partial charge on any atom is 0.311 e. The number of nitrogens with zero attached hydrogens (tertiary/aromatic N) is 1. The average Bonchev–Trinajstić information content (AvgIpc) is 2.47. The number of carboxylic acid groups (broad SMARTS) is 1. The molecule has 2 rings (SSSR count). The molecule has 6 heteroatoms. The number of amides is 1. The SMILES string of the molecule is CC1(C(=O)O)CCCN(C(=O)CSCc2cccc(Cl)c2)C1. The zero-order valence-corrected chi connectivity index (χ0v) is 14.1. The van der Waals surface area contributed by atoms with Crippen LogP contribution in [0.3, 0.4) is 0 Å². The second-order valence-corrected chi connectivity index (χ2v) is 7.33. The molecule has 1 N–H and O–H groups in total. The Labute approximate surface area is 139 Å². The molecule has 1 saturated heterocycles. The van der Waals surface area contributed by atoms with Gasteiger partial charge in [-0.25, -0.2) is 0 Å². The molecule has 0 aromatic heterocycles. The van der Waals surface area contributed by atoms with Gasteiger partial charge in [0.2, 0.25) is 5.91 Å². The van der Waals surface area contributed by atoms with Gasteiger partial charge in [0.05, 0.1) is 11.2 Å². The number of carbonyl (C=O) groups excluding carboxylic acids is 1. The minimum Gasteiger partial charge on any atom is -0.481 e. The molecule has 1 aliphatic rings. The second kappa shape index (κ2) is 7.38. The van der Waals surface area contributed by atoms with E-state index in [1.807, 2.05) is 24.3 Å². The van der Waals surface area contributed by atoms with Crippen LogP contribution >= 0.6 is 23.4 Å². The van der Waals surface area contributed by atoms with Gasteiger partial charge >= 0.3 is 5.97 Å². The molecule has 1 heterocycles. The van der Waals surface area contributed by atoms with Gasteiger partial charge < -0.3 is 10.0 Å². The zero-order chi connectivity index (χ0) is 16.2. The van der Waals surface area contributed by atoms with Crippen LogP contribution in [0.15, 0.2) is 24.3 Å². The van der Waals surface area contributed by atoms with Gasteiger partial charge in [0.15, 0.2) is 0 Å². The lowest BCUT2D eigenvalue weighted by atomic mass is 9.82. The number of halogens is 1. The van der Waals surface area contributed by atoms with Crippen molar-refractivity contribution in [2.75, 3.05) is 18.8 Å². The monoisotopic (exact) mass is 341 g/mol. The summed E-state index contributed by atoms with van der Waals surface area (Å²) in [6, 6.07) is 7.58. The van der Waals surface area contributed by atoms with Crippen LogP contribution in [0.4, 0.5) is 0 Å². The zero-order valence-electron chi connectivity index (χ0n) is 12.5. The van der Waals surface area contributed by atoms with E-state index in [9.17, 15) is 14.7 Å². The summed E-state index contributed by atoms with van der Waals surface area (Å²) in [5, 5.41) is 9.98. The minimum absolute atomic E-state index is 0.0132. The summed E-state index contributed by atoms with van der Waals surface area (Å²) in [5.74, 6) is 0.272. The number of carbonyl (C=O) groups is 2. The Kier molecular flexibility index (Phi) is 5.75. The van der Waals surface area contributed by atoms with Gasteiger partial charge in [-0.2, -0.15) is 0 Å². The fourth-order valence-corrected chi connectivity index (χ4v) is 3.69. The molecule has 4 nitrogen and oxygen atoms in total. The van der Waals surface area contributed by atoms with Crippen molar-refractivity contribution in [3.05, 3.63) is 34.9 Å². The van der Waals surface area contributed by atoms with Crippen molar-refractivity contribution in [1.82, 2.24) is 4.90 Å². The summed E-state index contributed by atoms with van der Waals surface area (Å²) in [6.07, 6.45) is 1.37. The molecule has 0 radical (unpaired) electrons. The van der Waals surface area contributed by atoms with Crippen molar-refractivity contribution in [1.29, 1.82) is 0 Å². The van der Waals surface area contributed by atoms with E-state index in [-0.39, 0.29) is 5.91 Å². The van der Waals surface area contributed by atoms with Crippen LogP contribution < -0.4 is 0 Å². The summed E-state index contributed by atoms with van der Waals surface area (Å²) in [5.41, 5.74) is 0.269. The topological polar surface area (TPSA) is 57.6 Å².